The standard InChI is InChI=1S/C39H41FN6O3/c1-20-32-35(42-32)36(20)46-29(28-15-14-23-10-5-13-30(47)45(23)28)18-25-37(46)26-19-41-33(24-11-4-8-22-9-7-17-48-38(22)24)31(40)34(26)43-39(25)49-21(2)27-12-6-16-44(27)3/h4-5,8,10-11,13,18-21,27-28,32,35-36,42H,6-7,9,12,14-17H2,1-3H3/t20-,21+,27+,28?,32?,35-,36+/m1/s1. The number of fused-ring (bicyclic) bond motifs is 6. The Hall–Kier alpha value is -4.28. The van der Waals surface area contributed by atoms with Crippen molar-refractivity contribution in [2.75, 3.05) is 20.2 Å². The lowest BCUT2D eigenvalue weighted by atomic mass is 9.80. The molecule has 0 amide bonds. The second kappa shape index (κ2) is 10.9. The number of nitrogens with one attached hydrogen (secondary N) is 1. The van der Waals surface area contributed by atoms with Gasteiger partial charge >= 0.3 is 0 Å². The van der Waals surface area contributed by atoms with Crippen LogP contribution in [0.25, 0.3) is 33.1 Å². The first kappa shape index (κ1) is 29.6. The maximum atomic E-state index is 17.2. The third-order valence-electron chi connectivity index (χ3n) is 12.2. The predicted octanol–water partition coefficient (Wildman–Crippen LogP) is 5.81. The monoisotopic (exact) mass is 660 g/mol. The first-order valence-corrected chi connectivity index (χ1v) is 18.0. The molecule has 252 valence electrons. The van der Waals surface area contributed by atoms with Crippen molar-refractivity contribution in [2.24, 2.45) is 5.92 Å². The van der Waals surface area contributed by atoms with Crippen molar-refractivity contribution in [3.05, 3.63) is 81.8 Å². The van der Waals surface area contributed by atoms with E-state index < -0.39 is 5.82 Å². The summed E-state index contributed by atoms with van der Waals surface area (Å²) in [5.74, 6) is 1.04. The van der Waals surface area contributed by atoms with Gasteiger partial charge in [-0.25, -0.2) is 9.37 Å². The highest BCUT2D eigenvalue weighted by Gasteiger charge is 2.61. The maximum absolute atomic E-state index is 17.2. The number of pyridine rings is 3. The van der Waals surface area contributed by atoms with Crippen molar-refractivity contribution in [3.8, 4) is 22.9 Å². The van der Waals surface area contributed by atoms with E-state index >= 15 is 4.39 Å². The van der Waals surface area contributed by atoms with E-state index in [2.05, 4.69) is 47.8 Å². The van der Waals surface area contributed by atoms with Crippen molar-refractivity contribution < 1.29 is 13.9 Å². The highest BCUT2D eigenvalue weighted by atomic mass is 19.1. The number of hydrogen-bond donors (Lipinski definition) is 1. The fourth-order valence-electron chi connectivity index (χ4n) is 9.66. The minimum Gasteiger partial charge on any atom is -0.493 e. The highest BCUT2D eigenvalue weighted by Crippen LogP contribution is 2.53. The average Bonchev–Trinajstić information content (AvgIpc) is 3.37. The van der Waals surface area contributed by atoms with E-state index in [-0.39, 0.29) is 41.0 Å². The van der Waals surface area contributed by atoms with Gasteiger partial charge in [-0.15, -0.1) is 0 Å². The van der Waals surface area contributed by atoms with E-state index in [4.69, 9.17) is 19.4 Å². The average molecular weight is 661 g/mol. The van der Waals surface area contributed by atoms with Crippen LogP contribution in [0.2, 0.25) is 0 Å². The Morgan fingerprint density at radius 1 is 1.06 bits per heavy atom. The molecule has 2 unspecified atom stereocenters. The third-order valence-corrected chi connectivity index (χ3v) is 12.2. The topological polar surface area (TPSA) is 96.4 Å². The number of rotatable bonds is 6. The maximum Gasteiger partial charge on any atom is 0.251 e. The third kappa shape index (κ3) is 4.32. The SMILES string of the molecule is C[C@H](Oc1nc2c(F)c(-c3cccc4c3OCCC4)ncc2c2c1cc(C1CCc3cccc(=O)n31)n2[C@H]1[C@H](C)C2N[C@H]21)[C@@H]1CCCN1C. The molecule has 9 nitrogen and oxygen atoms in total. The zero-order chi connectivity index (χ0) is 33.1. The number of hydrogen-bond acceptors (Lipinski definition) is 7. The number of nitrogens with zero attached hydrogens (tertiary/aromatic N) is 5. The van der Waals surface area contributed by atoms with E-state index in [1.165, 1.54) is 0 Å². The molecule has 8 heterocycles. The van der Waals surface area contributed by atoms with E-state index in [0.29, 0.717) is 47.2 Å². The molecule has 10 rings (SSSR count). The van der Waals surface area contributed by atoms with Gasteiger partial charge in [0.2, 0.25) is 5.88 Å². The van der Waals surface area contributed by atoms with E-state index in [1.807, 2.05) is 28.8 Å². The smallest absolute Gasteiger partial charge is 0.251 e. The molecule has 1 aliphatic carbocycles. The molecule has 5 aromatic rings. The zero-order valence-electron chi connectivity index (χ0n) is 28.2. The molecule has 49 heavy (non-hydrogen) atoms. The Morgan fingerprint density at radius 3 is 2.76 bits per heavy atom. The predicted molar refractivity (Wildman–Crippen MR) is 186 cm³/mol. The summed E-state index contributed by atoms with van der Waals surface area (Å²) in [5, 5.41) is 5.17. The number of likely N-dealkylation sites (N-methyl/N-ethyl adjacent to an activating group) is 1. The van der Waals surface area contributed by atoms with Crippen molar-refractivity contribution in [1.29, 1.82) is 0 Å². The molecule has 3 fully saturated rings. The molecule has 0 spiro atoms. The van der Waals surface area contributed by atoms with Crippen LogP contribution in [0.4, 0.5) is 4.39 Å². The number of para-hydroxylation sites is 1. The summed E-state index contributed by atoms with van der Waals surface area (Å²) in [6, 6.07) is 14.7. The van der Waals surface area contributed by atoms with Crippen molar-refractivity contribution in [3.63, 3.8) is 0 Å². The zero-order valence-corrected chi connectivity index (χ0v) is 28.2. The molecule has 1 aromatic carbocycles. The van der Waals surface area contributed by atoms with Crippen LogP contribution in [0, 0.1) is 11.7 Å². The van der Waals surface area contributed by atoms with Gasteiger partial charge in [0.25, 0.3) is 5.56 Å². The minimum absolute atomic E-state index is 0.00371. The Labute approximate surface area is 284 Å². The van der Waals surface area contributed by atoms with Gasteiger partial charge in [0.15, 0.2) is 5.82 Å². The van der Waals surface area contributed by atoms with Crippen LogP contribution >= 0.6 is 0 Å². The number of ether oxygens (including phenoxy) is 2. The minimum atomic E-state index is -0.474. The Bertz CT molecular complexity index is 2230. The molecule has 2 saturated heterocycles. The Kier molecular flexibility index (Phi) is 6.56. The Balaban J connectivity index is 1.23. The van der Waals surface area contributed by atoms with Gasteiger partial charge in [-0.1, -0.05) is 25.1 Å². The van der Waals surface area contributed by atoms with Crippen LogP contribution in [0.3, 0.4) is 0 Å². The quantitative estimate of drug-likeness (QED) is 0.230. The summed E-state index contributed by atoms with van der Waals surface area (Å²) >= 11 is 0. The van der Waals surface area contributed by atoms with Crippen LogP contribution in [0.1, 0.15) is 68.6 Å². The van der Waals surface area contributed by atoms with Gasteiger partial charge in [0.1, 0.15) is 23.1 Å². The molecular weight excluding hydrogens is 619 g/mol. The van der Waals surface area contributed by atoms with Gasteiger partial charge in [-0.2, -0.15) is 0 Å². The fourth-order valence-corrected chi connectivity index (χ4v) is 9.66. The molecule has 0 radical (unpaired) electrons. The van der Waals surface area contributed by atoms with Gasteiger partial charge in [0, 0.05) is 52.7 Å². The molecule has 10 heteroatoms. The van der Waals surface area contributed by atoms with Gasteiger partial charge in [0.05, 0.1) is 29.6 Å². The molecule has 4 aromatic heterocycles. The molecule has 7 atom stereocenters. The summed E-state index contributed by atoms with van der Waals surface area (Å²) in [5.41, 5.74) is 5.18. The summed E-state index contributed by atoms with van der Waals surface area (Å²) < 4.78 is 34.5. The number of aromatic nitrogens is 4. The van der Waals surface area contributed by atoms with E-state index in [1.54, 1.807) is 12.3 Å². The molecule has 0 bridgehead atoms. The number of likely N-dealkylation sites (tertiary alicyclic amines) is 1. The lowest BCUT2D eigenvalue weighted by Gasteiger charge is -2.35. The largest absolute Gasteiger partial charge is 0.493 e. The second-order valence-electron chi connectivity index (χ2n) is 14.9. The van der Waals surface area contributed by atoms with Gasteiger partial charge in [-0.05, 0) is 88.7 Å². The van der Waals surface area contributed by atoms with Crippen LogP contribution in [0.15, 0.2) is 53.5 Å². The number of benzene rings is 1. The molecule has 1 saturated carbocycles. The van der Waals surface area contributed by atoms with Crippen LogP contribution in [0.5, 0.6) is 11.6 Å². The summed E-state index contributed by atoms with van der Waals surface area (Å²) in [7, 11) is 2.14. The van der Waals surface area contributed by atoms with Crippen LogP contribution < -0.4 is 20.3 Å². The Morgan fingerprint density at radius 2 is 1.94 bits per heavy atom. The number of halogens is 1. The lowest BCUT2D eigenvalue weighted by Crippen LogP contribution is -2.38. The summed E-state index contributed by atoms with van der Waals surface area (Å²) in [6.45, 7) is 6.01. The second-order valence-corrected chi connectivity index (χ2v) is 14.9. The first-order chi connectivity index (χ1) is 23.9. The van der Waals surface area contributed by atoms with Crippen molar-refractivity contribution in [1.82, 2.24) is 29.3 Å². The van der Waals surface area contributed by atoms with Crippen LogP contribution in [-0.2, 0) is 12.8 Å². The van der Waals surface area contributed by atoms with Crippen molar-refractivity contribution >= 4 is 21.8 Å². The van der Waals surface area contributed by atoms with Crippen molar-refractivity contribution in [2.45, 2.75) is 88.7 Å². The highest BCUT2D eigenvalue weighted by molar-refractivity contribution is 6.07. The lowest BCUT2D eigenvalue weighted by molar-refractivity contribution is 0.119. The molecule has 4 aliphatic heterocycles. The van der Waals surface area contributed by atoms with Crippen LogP contribution in [-0.4, -0.2) is 68.4 Å². The normalized spacial score (nSPS) is 27.8. The van der Waals surface area contributed by atoms with Gasteiger partial charge < -0.3 is 23.9 Å². The fraction of sp³-hybridized carbons (Fsp3) is 0.462. The van der Waals surface area contributed by atoms with E-state index in [0.717, 1.165) is 72.9 Å². The first-order valence-electron chi connectivity index (χ1n) is 18.0. The van der Waals surface area contributed by atoms with E-state index in [9.17, 15) is 4.79 Å². The number of aryl methyl sites for hydroxylation is 2. The summed E-state index contributed by atoms with van der Waals surface area (Å²) in [6.07, 6.45) is 7.26. The molecule has 5 aliphatic rings. The molecule has 1 N–H and O–H groups in total. The van der Waals surface area contributed by atoms with Gasteiger partial charge in [-0.3, -0.25) is 14.7 Å². The summed E-state index contributed by atoms with van der Waals surface area (Å²) in [4.78, 5) is 25.6. The molecular formula is C39H41FN6O3.